The molecular formula is C11H15NO. The van der Waals surface area contributed by atoms with Crippen LogP contribution in [0, 0.1) is 6.92 Å². The highest BCUT2D eigenvalue weighted by Crippen LogP contribution is 2.40. The van der Waals surface area contributed by atoms with Gasteiger partial charge in [-0.1, -0.05) is 12.1 Å². The van der Waals surface area contributed by atoms with Crippen LogP contribution in [-0.4, -0.2) is 13.2 Å². The molecule has 1 aliphatic carbocycles. The fourth-order valence-corrected chi connectivity index (χ4v) is 1.67. The second-order valence-electron chi connectivity index (χ2n) is 3.74. The molecule has 2 rings (SSSR count). The molecule has 2 heteroatoms. The standard InChI is InChI=1S/C11H15NO/c1-7-3-4-8(5-11(7)13-2)9-6-10(9)12/h3-5,9-10H,6,12H2,1-2H3/t9-,10-/m1/s1. The van der Waals surface area contributed by atoms with E-state index in [1.165, 1.54) is 11.1 Å². The van der Waals surface area contributed by atoms with Gasteiger partial charge in [0.15, 0.2) is 0 Å². The van der Waals surface area contributed by atoms with Crippen LogP contribution < -0.4 is 10.5 Å². The van der Waals surface area contributed by atoms with Gasteiger partial charge in [0.2, 0.25) is 0 Å². The Labute approximate surface area is 78.7 Å². The van der Waals surface area contributed by atoms with Crippen molar-refractivity contribution in [2.45, 2.75) is 25.3 Å². The van der Waals surface area contributed by atoms with Gasteiger partial charge in [0.25, 0.3) is 0 Å². The molecule has 0 spiro atoms. The van der Waals surface area contributed by atoms with Crippen LogP contribution in [0.1, 0.15) is 23.5 Å². The Hall–Kier alpha value is -1.02. The minimum absolute atomic E-state index is 0.368. The van der Waals surface area contributed by atoms with Gasteiger partial charge in [-0.05, 0) is 30.5 Å². The smallest absolute Gasteiger partial charge is 0.122 e. The second-order valence-corrected chi connectivity index (χ2v) is 3.74. The zero-order valence-corrected chi connectivity index (χ0v) is 8.08. The molecule has 2 atom stereocenters. The quantitative estimate of drug-likeness (QED) is 0.747. The number of nitrogens with two attached hydrogens (primary N) is 1. The highest BCUT2D eigenvalue weighted by molar-refractivity contribution is 5.40. The summed E-state index contributed by atoms with van der Waals surface area (Å²) in [5.74, 6) is 1.53. The first-order valence-corrected chi connectivity index (χ1v) is 4.62. The van der Waals surface area contributed by atoms with E-state index in [9.17, 15) is 0 Å². The van der Waals surface area contributed by atoms with Crippen LogP contribution in [0.25, 0.3) is 0 Å². The van der Waals surface area contributed by atoms with Crippen molar-refractivity contribution in [3.8, 4) is 5.75 Å². The third-order valence-electron chi connectivity index (χ3n) is 2.70. The molecule has 0 unspecified atom stereocenters. The van der Waals surface area contributed by atoms with E-state index in [1.807, 2.05) is 0 Å². The highest BCUT2D eigenvalue weighted by Gasteiger charge is 2.34. The zero-order valence-electron chi connectivity index (χ0n) is 8.08. The molecule has 70 valence electrons. The van der Waals surface area contributed by atoms with Crippen LogP contribution in [0.4, 0.5) is 0 Å². The zero-order chi connectivity index (χ0) is 9.42. The summed E-state index contributed by atoms with van der Waals surface area (Å²) in [7, 11) is 1.71. The molecule has 0 saturated heterocycles. The summed E-state index contributed by atoms with van der Waals surface area (Å²) in [5, 5.41) is 0. The molecule has 1 aromatic carbocycles. The van der Waals surface area contributed by atoms with E-state index < -0.39 is 0 Å². The van der Waals surface area contributed by atoms with Crippen LogP contribution >= 0.6 is 0 Å². The first-order valence-electron chi connectivity index (χ1n) is 4.62. The van der Waals surface area contributed by atoms with Crippen molar-refractivity contribution in [3.05, 3.63) is 29.3 Å². The molecule has 1 aliphatic rings. The number of rotatable bonds is 2. The minimum Gasteiger partial charge on any atom is -0.496 e. The van der Waals surface area contributed by atoms with Crippen molar-refractivity contribution >= 4 is 0 Å². The maximum Gasteiger partial charge on any atom is 0.122 e. The van der Waals surface area contributed by atoms with Gasteiger partial charge in [-0.25, -0.2) is 0 Å². The lowest BCUT2D eigenvalue weighted by atomic mass is 10.1. The fourth-order valence-electron chi connectivity index (χ4n) is 1.67. The van der Waals surface area contributed by atoms with Gasteiger partial charge in [-0.2, -0.15) is 0 Å². The average Bonchev–Trinajstić information content (AvgIpc) is 2.84. The average molecular weight is 177 g/mol. The fraction of sp³-hybridized carbons (Fsp3) is 0.455. The van der Waals surface area contributed by atoms with Crippen molar-refractivity contribution in [3.63, 3.8) is 0 Å². The topological polar surface area (TPSA) is 35.2 Å². The number of hydrogen-bond donors (Lipinski definition) is 1. The van der Waals surface area contributed by atoms with Gasteiger partial charge < -0.3 is 10.5 Å². The molecule has 0 aliphatic heterocycles. The Bertz CT molecular complexity index is 322. The van der Waals surface area contributed by atoms with Gasteiger partial charge in [-0.3, -0.25) is 0 Å². The molecule has 1 saturated carbocycles. The molecule has 1 fully saturated rings. The summed E-state index contributed by atoms with van der Waals surface area (Å²) in [5.41, 5.74) is 8.28. The number of methoxy groups -OCH3 is 1. The normalized spacial score (nSPS) is 25.8. The predicted molar refractivity (Wildman–Crippen MR) is 53.1 cm³/mol. The van der Waals surface area contributed by atoms with E-state index in [4.69, 9.17) is 10.5 Å². The molecule has 2 N–H and O–H groups in total. The summed E-state index contributed by atoms with van der Waals surface area (Å²) in [6.45, 7) is 2.05. The Morgan fingerprint density at radius 2 is 2.15 bits per heavy atom. The van der Waals surface area contributed by atoms with E-state index in [-0.39, 0.29) is 0 Å². The molecule has 13 heavy (non-hydrogen) atoms. The summed E-state index contributed by atoms with van der Waals surface area (Å²) in [4.78, 5) is 0. The monoisotopic (exact) mass is 177 g/mol. The number of hydrogen-bond acceptors (Lipinski definition) is 2. The summed E-state index contributed by atoms with van der Waals surface area (Å²) in [6, 6.07) is 6.72. The van der Waals surface area contributed by atoms with E-state index in [1.54, 1.807) is 7.11 Å². The SMILES string of the molecule is COc1cc([C@H]2C[C@H]2N)ccc1C. The second kappa shape index (κ2) is 3.04. The van der Waals surface area contributed by atoms with Gasteiger partial charge in [0.05, 0.1) is 7.11 Å². The molecule has 0 amide bonds. The first kappa shape index (κ1) is 8.57. The van der Waals surface area contributed by atoms with Crippen molar-refractivity contribution in [1.29, 1.82) is 0 Å². The lowest BCUT2D eigenvalue weighted by Gasteiger charge is -2.06. The molecule has 1 aromatic rings. The Kier molecular flexibility index (Phi) is 2.00. The predicted octanol–water partition coefficient (Wildman–Crippen LogP) is 1.82. The summed E-state index contributed by atoms with van der Waals surface area (Å²) >= 11 is 0. The van der Waals surface area contributed by atoms with E-state index in [0.717, 1.165) is 12.2 Å². The lowest BCUT2D eigenvalue weighted by Crippen LogP contribution is -2.01. The summed E-state index contributed by atoms with van der Waals surface area (Å²) in [6.07, 6.45) is 1.12. The number of aryl methyl sites for hydroxylation is 1. The van der Waals surface area contributed by atoms with Gasteiger partial charge >= 0.3 is 0 Å². The number of benzene rings is 1. The van der Waals surface area contributed by atoms with Crippen LogP contribution in [0.2, 0.25) is 0 Å². The molecule has 0 radical (unpaired) electrons. The first-order chi connectivity index (χ1) is 6.22. The van der Waals surface area contributed by atoms with Crippen molar-refractivity contribution < 1.29 is 4.74 Å². The van der Waals surface area contributed by atoms with Gasteiger partial charge in [0.1, 0.15) is 5.75 Å². The van der Waals surface area contributed by atoms with Crippen molar-refractivity contribution in [2.75, 3.05) is 7.11 Å². The molecule has 2 nitrogen and oxygen atoms in total. The van der Waals surface area contributed by atoms with E-state index in [0.29, 0.717) is 12.0 Å². The molecule has 0 bridgehead atoms. The third-order valence-corrected chi connectivity index (χ3v) is 2.70. The van der Waals surface area contributed by atoms with Crippen LogP contribution in [-0.2, 0) is 0 Å². The molecule has 0 heterocycles. The maximum absolute atomic E-state index is 5.79. The summed E-state index contributed by atoms with van der Waals surface area (Å²) < 4.78 is 5.26. The van der Waals surface area contributed by atoms with Crippen molar-refractivity contribution in [2.24, 2.45) is 5.73 Å². The van der Waals surface area contributed by atoms with Crippen LogP contribution in [0.15, 0.2) is 18.2 Å². The largest absolute Gasteiger partial charge is 0.496 e. The lowest BCUT2D eigenvalue weighted by molar-refractivity contribution is 0.411. The van der Waals surface area contributed by atoms with E-state index in [2.05, 4.69) is 25.1 Å². The Morgan fingerprint density at radius 3 is 2.69 bits per heavy atom. The van der Waals surface area contributed by atoms with Crippen LogP contribution in [0.5, 0.6) is 5.75 Å². The van der Waals surface area contributed by atoms with Gasteiger partial charge in [0, 0.05) is 12.0 Å². The third kappa shape index (κ3) is 1.54. The Morgan fingerprint density at radius 1 is 1.46 bits per heavy atom. The van der Waals surface area contributed by atoms with Crippen LogP contribution in [0.3, 0.4) is 0 Å². The number of ether oxygens (including phenoxy) is 1. The highest BCUT2D eigenvalue weighted by atomic mass is 16.5. The van der Waals surface area contributed by atoms with Gasteiger partial charge in [-0.15, -0.1) is 0 Å². The maximum atomic E-state index is 5.79. The Balaban J connectivity index is 2.28. The van der Waals surface area contributed by atoms with E-state index >= 15 is 0 Å². The molecular weight excluding hydrogens is 162 g/mol. The van der Waals surface area contributed by atoms with Crippen molar-refractivity contribution in [1.82, 2.24) is 0 Å². The molecule has 0 aromatic heterocycles. The minimum atomic E-state index is 0.368.